The predicted octanol–water partition coefficient (Wildman–Crippen LogP) is 2.13. The second kappa shape index (κ2) is 5.09. The molecule has 5 heteroatoms. The van der Waals surface area contributed by atoms with Gasteiger partial charge >= 0.3 is 108 Å². The van der Waals surface area contributed by atoms with Crippen LogP contribution in [0.15, 0.2) is 24.3 Å². The van der Waals surface area contributed by atoms with E-state index in [0.717, 1.165) is 36.9 Å². The number of carbonyl (C=O) groups is 1. The number of halogens is 1. The van der Waals surface area contributed by atoms with Crippen molar-refractivity contribution in [2.75, 3.05) is 31.1 Å². The molecule has 1 aromatic carbocycles. The first-order chi connectivity index (χ1) is 7.66. The molecule has 0 atom stereocenters. The number of rotatable bonds is 1. The minimum absolute atomic E-state index is 0.0873. The summed E-state index contributed by atoms with van der Waals surface area (Å²) in [5.74, 6) is 0. The van der Waals surface area contributed by atoms with Crippen LogP contribution < -0.4 is 4.90 Å². The molecular formula is C11H12ClFeN2O. The Hall–Kier alpha value is -0.701. The van der Waals surface area contributed by atoms with E-state index in [1.165, 1.54) is 0 Å². The topological polar surface area (TPSA) is 23.6 Å². The molecule has 1 aromatic rings. The van der Waals surface area contributed by atoms with Crippen LogP contribution in [0.25, 0.3) is 0 Å². The second-order valence-corrected chi connectivity index (χ2v) is 4.60. The van der Waals surface area contributed by atoms with E-state index in [4.69, 9.17) is 11.6 Å². The average Bonchev–Trinajstić information content (AvgIpc) is 2.30. The quantitative estimate of drug-likeness (QED) is 0.735. The molecule has 1 aliphatic heterocycles. The van der Waals surface area contributed by atoms with Gasteiger partial charge in [-0.15, -0.1) is 0 Å². The maximum atomic E-state index is 11.1. The molecule has 1 saturated heterocycles. The van der Waals surface area contributed by atoms with E-state index in [9.17, 15) is 4.79 Å². The van der Waals surface area contributed by atoms with Crippen molar-refractivity contribution in [2.45, 2.75) is 0 Å². The fourth-order valence-electron chi connectivity index (χ4n) is 1.79. The number of piperazine rings is 1. The second-order valence-electron chi connectivity index (χ2n) is 3.69. The van der Waals surface area contributed by atoms with Crippen LogP contribution >= 0.6 is 11.6 Å². The Labute approximate surface area is 108 Å². The van der Waals surface area contributed by atoms with Crippen molar-refractivity contribution in [1.82, 2.24) is 4.90 Å². The van der Waals surface area contributed by atoms with Crippen molar-refractivity contribution < 1.29 is 20.8 Å². The van der Waals surface area contributed by atoms with E-state index < -0.39 is 0 Å². The summed E-state index contributed by atoms with van der Waals surface area (Å²) >= 11 is 9.26. The van der Waals surface area contributed by atoms with Crippen molar-refractivity contribution in [3.05, 3.63) is 29.3 Å². The molecule has 3 nitrogen and oxygen atoms in total. The molecule has 0 aliphatic carbocycles. The van der Waals surface area contributed by atoms with Gasteiger partial charge in [0.25, 0.3) is 0 Å². The molecule has 0 saturated carbocycles. The summed E-state index contributed by atoms with van der Waals surface area (Å²) in [6.45, 7) is 3.18. The Morgan fingerprint density at radius 1 is 1.12 bits per heavy atom. The van der Waals surface area contributed by atoms with Gasteiger partial charge in [0.2, 0.25) is 0 Å². The van der Waals surface area contributed by atoms with Crippen LogP contribution in [-0.4, -0.2) is 35.9 Å². The first kappa shape index (κ1) is 11.8. The number of hydrogen-bond acceptors (Lipinski definition) is 2. The van der Waals surface area contributed by atoms with Crippen molar-refractivity contribution in [3.63, 3.8) is 0 Å². The average molecular weight is 280 g/mol. The molecule has 0 aromatic heterocycles. The number of amides is 1. The van der Waals surface area contributed by atoms with E-state index in [0.29, 0.717) is 0 Å². The molecule has 0 radical (unpaired) electrons. The van der Waals surface area contributed by atoms with Gasteiger partial charge in [-0.2, -0.15) is 0 Å². The Balaban J connectivity index is 1.99. The first-order valence-corrected chi connectivity index (χ1v) is 6.03. The van der Waals surface area contributed by atoms with Crippen molar-refractivity contribution >= 4 is 22.1 Å². The van der Waals surface area contributed by atoms with Crippen molar-refractivity contribution in [3.8, 4) is 0 Å². The predicted molar refractivity (Wildman–Crippen MR) is 60.6 cm³/mol. The van der Waals surface area contributed by atoms with Gasteiger partial charge < -0.3 is 0 Å². The Morgan fingerprint density at radius 3 is 2.19 bits per heavy atom. The number of nitrogens with zero attached hydrogens (tertiary/aromatic N) is 2. The van der Waals surface area contributed by atoms with Gasteiger partial charge in [-0.1, -0.05) is 0 Å². The van der Waals surface area contributed by atoms with Crippen LogP contribution in [0, 0.1) is 0 Å². The van der Waals surface area contributed by atoms with Crippen LogP contribution in [0.2, 0.25) is 5.02 Å². The molecule has 1 aliphatic rings. The fraction of sp³-hybridized carbons (Fsp3) is 0.364. The van der Waals surface area contributed by atoms with Crippen molar-refractivity contribution in [1.29, 1.82) is 0 Å². The summed E-state index contributed by atoms with van der Waals surface area (Å²) < 4.78 is 0. The zero-order valence-corrected chi connectivity index (χ0v) is 10.5. The third-order valence-electron chi connectivity index (χ3n) is 2.71. The number of benzene rings is 1. The molecule has 2 rings (SSSR count). The number of carbonyl (C=O) groups excluding carboxylic acids is 1. The van der Waals surface area contributed by atoms with Crippen LogP contribution in [0.3, 0.4) is 0 Å². The fourth-order valence-corrected chi connectivity index (χ4v) is 2.16. The summed E-state index contributed by atoms with van der Waals surface area (Å²) in [5.41, 5.74) is 1.15. The molecular weight excluding hydrogens is 267 g/mol. The Morgan fingerprint density at radius 2 is 1.69 bits per heavy atom. The molecule has 0 bridgehead atoms. The Kier molecular flexibility index (Phi) is 3.74. The van der Waals surface area contributed by atoms with Gasteiger partial charge in [0, 0.05) is 0 Å². The van der Waals surface area contributed by atoms with Gasteiger partial charge in [0.05, 0.1) is 0 Å². The molecule has 16 heavy (non-hydrogen) atoms. The molecule has 0 N–H and O–H groups in total. The number of hydrogen-bond donors (Lipinski definition) is 0. The first-order valence-electron chi connectivity index (χ1n) is 5.10. The zero-order chi connectivity index (χ0) is 11.5. The van der Waals surface area contributed by atoms with Crippen LogP contribution in [0.5, 0.6) is 0 Å². The van der Waals surface area contributed by atoms with Crippen LogP contribution in [0.4, 0.5) is 10.5 Å². The van der Waals surface area contributed by atoms with Gasteiger partial charge in [0.15, 0.2) is 0 Å². The molecule has 1 amide bonds. The van der Waals surface area contributed by atoms with Gasteiger partial charge in [-0.05, 0) is 0 Å². The van der Waals surface area contributed by atoms with Gasteiger partial charge in [-0.3, -0.25) is 0 Å². The van der Waals surface area contributed by atoms with Crippen LogP contribution in [-0.2, 0) is 16.0 Å². The SMILES string of the molecule is O=[C]([Fe])N1CCN(c2ccc(Cl)cc2)CC1. The monoisotopic (exact) mass is 279 g/mol. The van der Waals surface area contributed by atoms with E-state index in [1.54, 1.807) is 4.90 Å². The molecule has 0 spiro atoms. The molecule has 1 heterocycles. The summed E-state index contributed by atoms with van der Waals surface area (Å²) in [6, 6.07) is 7.78. The molecule has 1 fully saturated rings. The van der Waals surface area contributed by atoms with E-state index in [1.807, 2.05) is 24.3 Å². The van der Waals surface area contributed by atoms with Gasteiger partial charge in [0.1, 0.15) is 0 Å². The maximum absolute atomic E-state index is 11.1. The Bertz CT molecular complexity index is 374. The molecule has 0 unspecified atom stereocenters. The summed E-state index contributed by atoms with van der Waals surface area (Å²) in [4.78, 5) is 15.0. The van der Waals surface area contributed by atoms with Crippen LogP contribution in [0.1, 0.15) is 0 Å². The standard InChI is InChI=1S/C11H12ClN2O.Fe/c12-10-1-3-11(4-2-10)14-7-5-13(9-15)6-8-14;/h1-4H,5-8H2;. The zero-order valence-electron chi connectivity index (χ0n) is 8.67. The molecule has 87 valence electrons. The van der Waals surface area contributed by atoms with Gasteiger partial charge in [-0.25, -0.2) is 0 Å². The summed E-state index contributed by atoms with van der Waals surface area (Å²) in [6.07, 6.45) is 0. The normalized spacial score (nSPS) is 16.4. The minimum atomic E-state index is -0.0873. The van der Waals surface area contributed by atoms with Crippen molar-refractivity contribution in [2.24, 2.45) is 0 Å². The van der Waals surface area contributed by atoms with E-state index >= 15 is 0 Å². The van der Waals surface area contributed by atoms with E-state index in [2.05, 4.69) is 20.9 Å². The summed E-state index contributed by atoms with van der Waals surface area (Å²) in [7, 11) is 0. The number of anilines is 1. The van der Waals surface area contributed by atoms with E-state index in [-0.39, 0.29) is 4.81 Å². The third kappa shape index (κ3) is 2.70. The summed E-state index contributed by atoms with van der Waals surface area (Å²) in [5, 5.41) is 0.746. The third-order valence-corrected chi connectivity index (χ3v) is 3.31.